The first-order valence-electron chi connectivity index (χ1n) is 7.25. The molecular weight excluding hydrogens is 386 g/mol. The summed E-state index contributed by atoms with van der Waals surface area (Å²) in [4.78, 5) is 22.2. The second kappa shape index (κ2) is 7.59. The highest BCUT2D eigenvalue weighted by atomic mass is 79.9. The average molecular weight is 400 g/mol. The number of carbonyl (C=O) groups is 1. The summed E-state index contributed by atoms with van der Waals surface area (Å²) in [7, 11) is 0. The van der Waals surface area contributed by atoms with E-state index >= 15 is 0 Å². The third kappa shape index (κ3) is 4.21. The number of hydrogen-bond donors (Lipinski definition) is 1. The molecule has 0 fully saturated rings. The third-order valence-corrected chi connectivity index (χ3v) is 4.73. The zero-order chi connectivity index (χ0) is 16.9. The quantitative estimate of drug-likeness (QED) is 0.673. The molecule has 2 aromatic heterocycles. The topological polar surface area (TPSA) is 54.9 Å². The van der Waals surface area contributed by atoms with Crippen molar-refractivity contribution in [2.24, 2.45) is 0 Å². The van der Waals surface area contributed by atoms with Crippen LogP contribution in [-0.4, -0.2) is 15.9 Å². The van der Waals surface area contributed by atoms with Crippen LogP contribution in [0.5, 0.6) is 0 Å². The molecule has 0 atom stereocenters. The van der Waals surface area contributed by atoms with Crippen LogP contribution in [0.25, 0.3) is 0 Å². The largest absolute Gasteiger partial charge is 0.306 e. The lowest BCUT2D eigenvalue weighted by Crippen LogP contribution is -2.14. The Morgan fingerprint density at radius 1 is 1.08 bits per heavy atom. The minimum Gasteiger partial charge on any atom is -0.306 e. The molecule has 0 radical (unpaired) electrons. The lowest BCUT2D eigenvalue weighted by atomic mass is 10.2. The second-order valence-electron chi connectivity index (χ2n) is 5.03. The smallest absolute Gasteiger partial charge is 0.259 e. The van der Waals surface area contributed by atoms with Crippen LogP contribution in [0.3, 0.4) is 0 Å². The molecule has 0 saturated carbocycles. The first kappa shape index (κ1) is 16.7. The summed E-state index contributed by atoms with van der Waals surface area (Å²) >= 11 is 4.87. The molecular formula is C18H14BrN3OS. The van der Waals surface area contributed by atoms with Gasteiger partial charge in [-0.15, -0.1) is 0 Å². The molecule has 0 saturated heterocycles. The van der Waals surface area contributed by atoms with Crippen LogP contribution >= 0.6 is 27.7 Å². The van der Waals surface area contributed by atoms with Crippen molar-refractivity contribution in [3.8, 4) is 0 Å². The highest BCUT2D eigenvalue weighted by Gasteiger charge is 2.14. The maximum absolute atomic E-state index is 12.6. The van der Waals surface area contributed by atoms with Gasteiger partial charge in [0.25, 0.3) is 5.91 Å². The number of anilines is 1. The number of pyridine rings is 2. The number of benzene rings is 1. The van der Waals surface area contributed by atoms with Crippen LogP contribution in [0.4, 0.5) is 5.82 Å². The highest BCUT2D eigenvalue weighted by molar-refractivity contribution is 9.10. The standard InChI is InChI=1S/C18H14BrN3OS/c1-12-4-2-6-16(21-12)22-17(23)15-5-3-11-20-18(15)24-14-9-7-13(19)8-10-14/h2-11H,1H3,(H,21,22,23). The summed E-state index contributed by atoms with van der Waals surface area (Å²) in [5, 5.41) is 3.48. The van der Waals surface area contributed by atoms with Crippen molar-refractivity contribution in [2.75, 3.05) is 5.32 Å². The van der Waals surface area contributed by atoms with E-state index in [9.17, 15) is 4.79 Å². The number of aromatic nitrogens is 2. The fraction of sp³-hybridized carbons (Fsp3) is 0.0556. The fourth-order valence-electron chi connectivity index (χ4n) is 2.06. The molecule has 0 unspecified atom stereocenters. The molecule has 120 valence electrons. The van der Waals surface area contributed by atoms with Crippen LogP contribution in [0, 0.1) is 6.92 Å². The maximum atomic E-state index is 12.6. The summed E-state index contributed by atoms with van der Waals surface area (Å²) in [6, 6.07) is 16.9. The van der Waals surface area contributed by atoms with Crippen LogP contribution < -0.4 is 5.32 Å². The highest BCUT2D eigenvalue weighted by Crippen LogP contribution is 2.29. The molecule has 0 aliphatic rings. The van der Waals surface area contributed by atoms with Gasteiger partial charge in [-0.2, -0.15) is 0 Å². The van der Waals surface area contributed by atoms with E-state index in [0.29, 0.717) is 16.4 Å². The first-order valence-corrected chi connectivity index (χ1v) is 8.86. The molecule has 0 spiro atoms. The summed E-state index contributed by atoms with van der Waals surface area (Å²) < 4.78 is 1.01. The van der Waals surface area contributed by atoms with E-state index in [0.717, 1.165) is 15.1 Å². The number of carbonyl (C=O) groups excluding carboxylic acids is 1. The Hall–Kier alpha value is -2.18. The van der Waals surface area contributed by atoms with E-state index in [4.69, 9.17) is 0 Å². The van der Waals surface area contributed by atoms with Gasteiger partial charge in [-0.3, -0.25) is 4.79 Å². The van der Waals surface area contributed by atoms with Gasteiger partial charge in [0.15, 0.2) is 0 Å². The third-order valence-electron chi connectivity index (χ3n) is 3.17. The molecule has 24 heavy (non-hydrogen) atoms. The normalized spacial score (nSPS) is 10.4. The van der Waals surface area contributed by atoms with Crippen LogP contribution in [0.1, 0.15) is 16.1 Å². The minimum absolute atomic E-state index is 0.221. The van der Waals surface area contributed by atoms with Crippen molar-refractivity contribution < 1.29 is 4.79 Å². The molecule has 3 aromatic rings. The predicted octanol–water partition coefficient (Wildman–Crippen LogP) is 4.95. The zero-order valence-corrected chi connectivity index (χ0v) is 15.3. The van der Waals surface area contributed by atoms with Gasteiger partial charge < -0.3 is 5.32 Å². The van der Waals surface area contributed by atoms with Crippen LogP contribution in [-0.2, 0) is 0 Å². The fourth-order valence-corrected chi connectivity index (χ4v) is 3.20. The predicted molar refractivity (Wildman–Crippen MR) is 99.4 cm³/mol. The van der Waals surface area contributed by atoms with E-state index in [2.05, 4.69) is 31.2 Å². The van der Waals surface area contributed by atoms with Crippen LogP contribution in [0.2, 0.25) is 0 Å². The lowest BCUT2D eigenvalue weighted by molar-refractivity contribution is 0.102. The molecule has 2 heterocycles. The SMILES string of the molecule is Cc1cccc(NC(=O)c2cccnc2Sc2ccc(Br)cc2)n1. The Bertz CT molecular complexity index is 868. The number of halogens is 1. The van der Waals surface area contributed by atoms with Crippen molar-refractivity contribution >= 4 is 39.4 Å². The average Bonchev–Trinajstić information content (AvgIpc) is 2.57. The second-order valence-corrected chi connectivity index (χ2v) is 7.01. The van der Waals surface area contributed by atoms with Gasteiger partial charge in [-0.1, -0.05) is 33.8 Å². The Morgan fingerprint density at radius 3 is 2.62 bits per heavy atom. The molecule has 1 N–H and O–H groups in total. The Balaban J connectivity index is 1.83. The lowest BCUT2D eigenvalue weighted by Gasteiger charge is -2.09. The number of nitrogens with one attached hydrogen (secondary N) is 1. The van der Waals surface area contributed by atoms with Gasteiger partial charge in [0.2, 0.25) is 0 Å². The summed E-state index contributed by atoms with van der Waals surface area (Å²) in [5.74, 6) is 0.309. The molecule has 4 nitrogen and oxygen atoms in total. The number of nitrogens with zero attached hydrogens (tertiary/aromatic N) is 2. The number of rotatable bonds is 4. The van der Waals surface area contributed by atoms with Gasteiger partial charge in [-0.05, 0) is 55.5 Å². The zero-order valence-electron chi connectivity index (χ0n) is 12.9. The minimum atomic E-state index is -0.221. The van der Waals surface area contributed by atoms with E-state index < -0.39 is 0 Å². The van der Waals surface area contributed by atoms with Gasteiger partial charge in [0.1, 0.15) is 10.8 Å². The summed E-state index contributed by atoms with van der Waals surface area (Å²) in [5.41, 5.74) is 1.37. The summed E-state index contributed by atoms with van der Waals surface area (Å²) in [6.07, 6.45) is 1.68. The van der Waals surface area contributed by atoms with Gasteiger partial charge in [0.05, 0.1) is 5.56 Å². The number of aryl methyl sites for hydroxylation is 1. The number of amides is 1. The Morgan fingerprint density at radius 2 is 1.88 bits per heavy atom. The molecule has 1 aromatic carbocycles. The molecule has 1 amide bonds. The molecule has 0 aliphatic heterocycles. The van der Waals surface area contributed by atoms with E-state index in [-0.39, 0.29) is 5.91 Å². The van der Waals surface area contributed by atoms with Crippen molar-refractivity contribution in [3.63, 3.8) is 0 Å². The van der Waals surface area contributed by atoms with Crippen LogP contribution in [0.15, 0.2) is 75.2 Å². The van der Waals surface area contributed by atoms with Crippen molar-refractivity contribution in [3.05, 3.63) is 76.5 Å². The van der Waals surface area contributed by atoms with Crippen molar-refractivity contribution in [1.29, 1.82) is 0 Å². The van der Waals surface area contributed by atoms with E-state index in [1.165, 1.54) is 11.8 Å². The van der Waals surface area contributed by atoms with Gasteiger partial charge >= 0.3 is 0 Å². The first-order chi connectivity index (χ1) is 11.6. The molecule has 6 heteroatoms. The van der Waals surface area contributed by atoms with E-state index in [1.807, 2.05) is 43.3 Å². The van der Waals surface area contributed by atoms with Gasteiger partial charge in [0, 0.05) is 21.3 Å². The number of hydrogen-bond acceptors (Lipinski definition) is 4. The Labute approximate surface area is 152 Å². The van der Waals surface area contributed by atoms with Gasteiger partial charge in [-0.25, -0.2) is 9.97 Å². The Kier molecular flexibility index (Phi) is 5.27. The summed E-state index contributed by atoms with van der Waals surface area (Å²) in [6.45, 7) is 1.88. The monoisotopic (exact) mass is 399 g/mol. The molecule has 0 bridgehead atoms. The van der Waals surface area contributed by atoms with Crippen molar-refractivity contribution in [2.45, 2.75) is 16.8 Å². The molecule has 3 rings (SSSR count). The maximum Gasteiger partial charge on any atom is 0.259 e. The molecule has 0 aliphatic carbocycles. The van der Waals surface area contributed by atoms with E-state index in [1.54, 1.807) is 24.4 Å². The van der Waals surface area contributed by atoms with Crippen molar-refractivity contribution in [1.82, 2.24) is 9.97 Å².